The molecule has 1 saturated carbocycles. The Kier molecular flexibility index (Phi) is 6.38. The van der Waals surface area contributed by atoms with E-state index in [0.717, 1.165) is 56.1 Å². The SMILES string of the molecule is COc1ccc2c(c1)C13CCN(CC4CC4)C(C2)C1(O)CCN(CCCn1cc(C(C)(C)C)cn1)C(=O)C3. The van der Waals surface area contributed by atoms with Crippen LogP contribution >= 0.6 is 0 Å². The lowest BCUT2D eigenvalue weighted by atomic mass is 9.52. The van der Waals surface area contributed by atoms with Gasteiger partial charge in [0.2, 0.25) is 5.91 Å². The second-order valence-electron chi connectivity index (χ2n) is 13.3. The van der Waals surface area contributed by atoms with Crippen molar-refractivity contribution in [1.82, 2.24) is 19.6 Å². The first-order chi connectivity index (χ1) is 18.1. The molecule has 2 aromatic rings. The molecular formula is C31H44N4O3. The average Bonchev–Trinajstić information content (AvgIpc) is 3.58. The third-order valence-corrected chi connectivity index (χ3v) is 9.97. The van der Waals surface area contributed by atoms with E-state index in [2.05, 4.69) is 49.1 Å². The molecule has 0 spiro atoms. The van der Waals surface area contributed by atoms with E-state index in [4.69, 9.17) is 4.74 Å². The predicted octanol–water partition coefficient (Wildman–Crippen LogP) is 3.91. The van der Waals surface area contributed by atoms with E-state index >= 15 is 0 Å². The maximum atomic E-state index is 13.9. The van der Waals surface area contributed by atoms with Gasteiger partial charge in [0, 0.05) is 50.3 Å². The van der Waals surface area contributed by atoms with Crippen LogP contribution in [0.3, 0.4) is 0 Å². The molecule has 7 heteroatoms. The van der Waals surface area contributed by atoms with Gasteiger partial charge in [-0.25, -0.2) is 0 Å². The van der Waals surface area contributed by atoms with E-state index in [1.807, 2.05) is 21.8 Å². The number of nitrogens with zero attached hydrogens (tertiary/aromatic N) is 4. The zero-order chi connectivity index (χ0) is 26.7. The number of aryl methyl sites for hydroxylation is 1. The Morgan fingerprint density at radius 3 is 2.68 bits per heavy atom. The molecule has 3 fully saturated rings. The molecule has 2 aliphatic heterocycles. The third-order valence-electron chi connectivity index (χ3n) is 9.97. The number of aliphatic hydroxyl groups is 1. The van der Waals surface area contributed by atoms with Crippen LogP contribution in [0.5, 0.6) is 5.75 Å². The minimum Gasteiger partial charge on any atom is -0.497 e. The summed E-state index contributed by atoms with van der Waals surface area (Å²) in [4.78, 5) is 18.4. The van der Waals surface area contributed by atoms with E-state index < -0.39 is 11.0 Å². The highest BCUT2D eigenvalue weighted by molar-refractivity contribution is 5.79. The summed E-state index contributed by atoms with van der Waals surface area (Å²) in [7, 11) is 1.69. The van der Waals surface area contributed by atoms with Crippen molar-refractivity contribution in [1.29, 1.82) is 0 Å². The number of methoxy groups -OCH3 is 1. The number of likely N-dealkylation sites (tertiary alicyclic amines) is 2. The van der Waals surface area contributed by atoms with Crippen LogP contribution in [0.1, 0.15) is 76.0 Å². The summed E-state index contributed by atoms with van der Waals surface area (Å²) in [6, 6.07) is 6.38. The first-order valence-electron chi connectivity index (χ1n) is 14.6. The van der Waals surface area contributed by atoms with Gasteiger partial charge in [-0.15, -0.1) is 0 Å². The number of ether oxygens (including phenoxy) is 1. The van der Waals surface area contributed by atoms with Crippen LogP contribution in [0.2, 0.25) is 0 Å². The Bertz CT molecular complexity index is 1200. The molecule has 2 aliphatic carbocycles. The standard InChI is InChI=1S/C31H44N4O3/c1-29(2,3)24-19-32-35(21-24)13-5-12-33-15-11-31(37)27-16-23-8-9-25(38-4)17-26(23)30(31,18-28(33)36)10-14-34(27)20-22-6-7-22/h8-9,17,19,21-22,27,37H,5-7,10-16,18,20H2,1-4H3. The molecule has 1 aromatic heterocycles. The van der Waals surface area contributed by atoms with Crippen LogP contribution in [0.25, 0.3) is 0 Å². The predicted molar refractivity (Wildman–Crippen MR) is 147 cm³/mol. The quantitative estimate of drug-likeness (QED) is 0.600. The monoisotopic (exact) mass is 520 g/mol. The van der Waals surface area contributed by atoms with Crippen molar-refractivity contribution in [3.8, 4) is 5.75 Å². The van der Waals surface area contributed by atoms with Gasteiger partial charge in [-0.1, -0.05) is 26.8 Å². The fourth-order valence-electron chi connectivity index (χ4n) is 7.43. The smallest absolute Gasteiger partial charge is 0.223 e. The van der Waals surface area contributed by atoms with Crippen molar-refractivity contribution in [2.24, 2.45) is 5.92 Å². The van der Waals surface area contributed by atoms with Gasteiger partial charge in [-0.05, 0) is 85.2 Å². The van der Waals surface area contributed by atoms with Gasteiger partial charge in [0.15, 0.2) is 0 Å². The number of amides is 1. The molecule has 38 heavy (non-hydrogen) atoms. The van der Waals surface area contributed by atoms with Crippen molar-refractivity contribution in [2.75, 3.05) is 33.3 Å². The summed E-state index contributed by atoms with van der Waals surface area (Å²) >= 11 is 0. The van der Waals surface area contributed by atoms with E-state index in [0.29, 0.717) is 25.9 Å². The minimum absolute atomic E-state index is 0.0605. The van der Waals surface area contributed by atoms with Crippen LogP contribution in [-0.4, -0.2) is 75.5 Å². The third kappa shape index (κ3) is 4.36. The van der Waals surface area contributed by atoms with Gasteiger partial charge in [-0.2, -0.15) is 5.10 Å². The molecule has 6 rings (SSSR count). The molecule has 3 heterocycles. The van der Waals surface area contributed by atoms with Gasteiger partial charge in [0.25, 0.3) is 0 Å². The number of fused-ring (bicyclic) bond motifs is 1. The largest absolute Gasteiger partial charge is 0.497 e. The first kappa shape index (κ1) is 25.9. The lowest BCUT2D eigenvalue weighted by molar-refractivity contribution is -0.153. The lowest BCUT2D eigenvalue weighted by Crippen LogP contribution is -2.71. The van der Waals surface area contributed by atoms with E-state index in [1.165, 1.54) is 24.0 Å². The topological polar surface area (TPSA) is 70.8 Å². The minimum atomic E-state index is -0.923. The highest BCUT2D eigenvalue weighted by Crippen LogP contribution is 2.57. The molecule has 4 aliphatic rings. The van der Waals surface area contributed by atoms with Crippen molar-refractivity contribution in [3.05, 3.63) is 47.3 Å². The molecule has 2 bridgehead atoms. The van der Waals surface area contributed by atoms with Gasteiger partial charge in [-0.3, -0.25) is 14.4 Å². The number of hydrogen-bond donors (Lipinski definition) is 1. The van der Waals surface area contributed by atoms with Gasteiger partial charge in [0.05, 0.1) is 18.9 Å². The molecule has 3 atom stereocenters. The molecule has 1 aromatic carbocycles. The summed E-state index contributed by atoms with van der Waals surface area (Å²) in [6.45, 7) is 10.7. The normalized spacial score (nSPS) is 29.6. The van der Waals surface area contributed by atoms with Crippen LogP contribution in [-0.2, 0) is 28.6 Å². The van der Waals surface area contributed by atoms with Crippen molar-refractivity contribution in [3.63, 3.8) is 0 Å². The molecule has 3 unspecified atom stereocenters. The Balaban J connectivity index is 1.25. The Labute approximate surface area is 227 Å². The van der Waals surface area contributed by atoms with E-state index in [-0.39, 0.29) is 17.4 Å². The highest BCUT2D eigenvalue weighted by Gasteiger charge is 2.64. The first-order valence-corrected chi connectivity index (χ1v) is 14.6. The molecule has 1 N–H and O–H groups in total. The fourth-order valence-corrected chi connectivity index (χ4v) is 7.43. The summed E-state index contributed by atoms with van der Waals surface area (Å²) in [5.41, 5.74) is 2.24. The molecule has 206 valence electrons. The van der Waals surface area contributed by atoms with E-state index in [1.54, 1.807) is 7.11 Å². The summed E-state index contributed by atoms with van der Waals surface area (Å²) in [5, 5.41) is 17.2. The summed E-state index contributed by atoms with van der Waals surface area (Å²) in [5.74, 6) is 1.75. The molecule has 1 amide bonds. The molecule has 2 saturated heterocycles. The van der Waals surface area contributed by atoms with Crippen LogP contribution in [0, 0.1) is 5.92 Å². The molecular weight excluding hydrogens is 476 g/mol. The number of carbonyl (C=O) groups excluding carboxylic acids is 1. The van der Waals surface area contributed by atoms with Crippen molar-refractivity contribution < 1.29 is 14.6 Å². The van der Waals surface area contributed by atoms with Crippen molar-refractivity contribution in [2.45, 2.75) is 94.7 Å². The van der Waals surface area contributed by atoms with Crippen LogP contribution in [0.15, 0.2) is 30.6 Å². The second-order valence-corrected chi connectivity index (χ2v) is 13.3. The summed E-state index contributed by atoms with van der Waals surface area (Å²) in [6.07, 6.45) is 10.2. The Morgan fingerprint density at radius 2 is 1.97 bits per heavy atom. The number of aromatic nitrogens is 2. The zero-order valence-electron chi connectivity index (χ0n) is 23.6. The number of carbonyl (C=O) groups is 1. The highest BCUT2D eigenvalue weighted by atomic mass is 16.5. The van der Waals surface area contributed by atoms with Crippen LogP contribution < -0.4 is 4.74 Å². The fraction of sp³-hybridized carbons (Fsp3) is 0.677. The second kappa shape index (κ2) is 9.37. The van der Waals surface area contributed by atoms with Crippen LogP contribution in [0.4, 0.5) is 0 Å². The molecule has 0 radical (unpaired) electrons. The Morgan fingerprint density at radius 1 is 1.16 bits per heavy atom. The summed E-state index contributed by atoms with van der Waals surface area (Å²) < 4.78 is 7.61. The van der Waals surface area contributed by atoms with Gasteiger partial charge in [0.1, 0.15) is 5.75 Å². The zero-order valence-corrected chi connectivity index (χ0v) is 23.6. The average molecular weight is 521 g/mol. The maximum absolute atomic E-state index is 13.9. The maximum Gasteiger partial charge on any atom is 0.223 e. The van der Waals surface area contributed by atoms with Gasteiger partial charge < -0.3 is 14.7 Å². The Hall–Kier alpha value is -2.38. The number of benzene rings is 1. The number of piperidine rings is 1. The number of hydrogen-bond acceptors (Lipinski definition) is 5. The van der Waals surface area contributed by atoms with E-state index in [9.17, 15) is 9.90 Å². The number of rotatable bonds is 7. The lowest BCUT2D eigenvalue weighted by Gasteiger charge is -2.61. The van der Waals surface area contributed by atoms with Crippen molar-refractivity contribution >= 4 is 5.91 Å². The van der Waals surface area contributed by atoms with Gasteiger partial charge >= 0.3 is 0 Å². The molecule has 7 nitrogen and oxygen atoms in total.